The minimum absolute atomic E-state index is 0.0369. The molecule has 0 fully saturated rings. The Morgan fingerprint density at radius 2 is 1.59 bits per heavy atom. The molecule has 29 heavy (non-hydrogen) atoms. The average Bonchev–Trinajstić information content (AvgIpc) is 3.13. The normalized spacial score (nSPS) is 20.7. The predicted molar refractivity (Wildman–Crippen MR) is 120 cm³/mol. The van der Waals surface area contributed by atoms with Gasteiger partial charge in [0.15, 0.2) is 14.4 Å². The number of benzene rings is 2. The van der Waals surface area contributed by atoms with E-state index in [2.05, 4.69) is 63.3 Å². The Morgan fingerprint density at radius 3 is 2.10 bits per heavy atom. The second-order valence-electron chi connectivity index (χ2n) is 9.11. The molecule has 0 N–H and O–H groups in total. The van der Waals surface area contributed by atoms with E-state index in [9.17, 15) is 4.79 Å². The molecule has 1 aliphatic rings. The van der Waals surface area contributed by atoms with E-state index in [1.807, 2.05) is 36.4 Å². The molecule has 154 valence electrons. The van der Waals surface area contributed by atoms with Crippen molar-refractivity contribution in [3.8, 4) is 0 Å². The maximum absolute atomic E-state index is 11.5. The van der Waals surface area contributed by atoms with Gasteiger partial charge in [-0.25, -0.2) is 0 Å². The van der Waals surface area contributed by atoms with Gasteiger partial charge in [0.25, 0.3) is 0 Å². The zero-order valence-corrected chi connectivity index (χ0v) is 19.0. The summed E-state index contributed by atoms with van der Waals surface area (Å²) in [5.74, 6) is -0.0895. The summed E-state index contributed by atoms with van der Waals surface area (Å²) >= 11 is 0. The molecule has 3 rings (SSSR count). The number of oxime groups is 1. The highest BCUT2D eigenvalue weighted by atomic mass is 28.4. The lowest BCUT2D eigenvalue weighted by Gasteiger charge is -2.39. The van der Waals surface area contributed by atoms with Crippen LogP contribution in [0.25, 0.3) is 0 Å². The number of aldehydes is 1. The van der Waals surface area contributed by atoms with Gasteiger partial charge in [0.05, 0.1) is 17.7 Å². The van der Waals surface area contributed by atoms with Gasteiger partial charge in [-0.15, -0.1) is 0 Å². The van der Waals surface area contributed by atoms with E-state index < -0.39 is 8.32 Å². The maximum atomic E-state index is 11.5. The molecule has 0 bridgehead atoms. The highest BCUT2D eigenvalue weighted by molar-refractivity contribution is 6.74. The number of nitrogens with zero attached hydrogens (tertiary/aromatic N) is 1. The number of carbonyl (C=O) groups is 1. The number of carbonyl (C=O) groups excluding carboxylic acids is 1. The molecule has 0 radical (unpaired) electrons. The second kappa shape index (κ2) is 8.64. The van der Waals surface area contributed by atoms with Crippen LogP contribution in [0.2, 0.25) is 18.1 Å². The zero-order valence-electron chi connectivity index (χ0n) is 18.0. The third-order valence-electron chi connectivity index (χ3n) is 6.06. The summed E-state index contributed by atoms with van der Waals surface area (Å²) in [7, 11) is -2.10. The van der Waals surface area contributed by atoms with Crippen molar-refractivity contribution in [3.05, 3.63) is 71.8 Å². The molecular formula is C24H31NO3Si. The summed E-state index contributed by atoms with van der Waals surface area (Å²) in [6.07, 6.45) is 0.593. The zero-order chi connectivity index (χ0) is 21.1. The van der Waals surface area contributed by atoms with Gasteiger partial charge in [0, 0.05) is 6.42 Å². The smallest absolute Gasteiger partial charge is 0.192 e. The molecule has 0 saturated heterocycles. The van der Waals surface area contributed by atoms with E-state index in [-0.39, 0.29) is 29.6 Å². The van der Waals surface area contributed by atoms with Gasteiger partial charge < -0.3 is 14.1 Å². The summed E-state index contributed by atoms with van der Waals surface area (Å²) in [4.78, 5) is 17.5. The lowest BCUT2D eigenvalue weighted by atomic mass is 9.83. The topological polar surface area (TPSA) is 47.9 Å². The Bertz CT molecular complexity index is 843. The van der Waals surface area contributed by atoms with Gasteiger partial charge >= 0.3 is 0 Å². The third kappa shape index (κ3) is 4.68. The van der Waals surface area contributed by atoms with E-state index in [0.29, 0.717) is 0 Å². The predicted octanol–water partition coefficient (Wildman–Crippen LogP) is 5.88. The quantitative estimate of drug-likeness (QED) is 0.424. The Balaban J connectivity index is 1.99. The van der Waals surface area contributed by atoms with E-state index >= 15 is 0 Å². The molecule has 0 saturated carbocycles. The molecule has 4 nitrogen and oxygen atoms in total. The van der Waals surface area contributed by atoms with Gasteiger partial charge in [0.1, 0.15) is 6.29 Å². The molecule has 0 amide bonds. The SMILES string of the molecule is CC(C)(C)[Si](C)(C)O[C@@H](CC=O)C1=NO[C@H](c2ccccc2)[C@H]1c1ccccc1. The third-order valence-corrected chi connectivity index (χ3v) is 10.5. The van der Waals surface area contributed by atoms with Crippen molar-refractivity contribution in [2.45, 2.75) is 63.5 Å². The van der Waals surface area contributed by atoms with E-state index in [1.54, 1.807) is 0 Å². The summed E-state index contributed by atoms with van der Waals surface area (Å²) in [5, 5.41) is 4.53. The summed E-state index contributed by atoms with van der Waals surface area (Å²) < 4.78 is 6.66. The summed E-state index contributed by atoms with van der Waals surface area (Å²) in [6.45, 7) is 11.0. The fraction of sp³-hybridized carbons (Fsp3) is 0.417. The maximum Gasteiger partial charge on any atom is 0.192 e. The number of hydrogen-bond donors (Lipinski definition) is 0. The Kier molecular flexibility index (Phi) is 6.39. The molecule has 3 atom stereocenters. The molecular weight excluding hydrogens is 378 g/mol. The largest absolute Gasteiger partial charge is 0.408 e. The minimum atomic E-state index is -2.10. The van der Waals surface area contributed by atoms with Gasteiger partial charge in [-0.2, -0.15) is 0 Å². The van der Waals surface area contributed by atoms with Crippen molar-refractivity contribution in [2.75, 3.05) is 0 Å². The first-order valence-corrected chi connectivity index (χ1v) is 13.1. The van der Waals surface area contributed by atoms with Crippen molar-refractivity contribution in [2.24, 2.45) is 5.16 Å². The minimum Gasteiger partial charge on any atom is -0.408 e. The van der Waals surface area contributed by atoms with Crippen molar-refractivity contribution in [3.63, 3.8) is 0 Å². The van der Waals surface area contributed by atoms with Crippen LogP contribution < -0.4 is 0 Å². The first-order chi connectivity index (χ1) is 13.7. The number of rotatable bonds is 7. The van der Waals surface area contributed by atoms with Crippen LogP contribution in [0, 0.1) is 0 Å². The monoisotopic (exact) mass is 409 g/mol. The van der Waals surface area contributed by atoms with Crippen LogP contribution in [0.1, 0.15) is 50.3 Å². The lowest BCUT2D eigenvalue weighted by molar-refractivity contribution is -0.108. The van der Waals surface area contributed by atoms with Crippen molar-refractivity contribution < 1.29 is 14.1 Å². The molecule has 1 heterocycles. The van der Waals surface area contributed by atoms with E-state index in [1.165, 1.54) is 0 Å². The van der Waals surface area contributed by atoms with Gasteiger partial charge in [0.2, 0.25) is 0 Å². The van der Waals surface area contributed by atoms with Crippen molar-refractivity contribution in [1.82, 2.24) is 0 Å². The summed E-state index contributed by atoms with van der Waals surface area (Å²) in [6, 6.07) is 20.4. The Labute approximate surface area is 175 Å². The Hall–Kier alpha value is -2.24. The molecule has 1 aliphatic heterocycles. The molecule has 5 heteroatoms. The fourth-order valence-corrected chi connectivity index (χ4v) is 4.68. The van der Waals surface area contributed by atoms with Crippen LogP contribution in [0.3, 0.4) is 0 Å². The van der Waals surface area contributed by atoms with Gasteiger partial charge in [-0.05, 0) is 29.3 Å². The number of hydrogen-bond acceptors (Lipinski definition) is 4. The van der Waals surface area contributed by atoms with Crippen LogP contribution in [0.15, 0.2) is 65.8 Å². The highest BCUT2D eigenvalue weighted by Crippen LogP contribution is 2.44. The van der Waals surface area contributed by atoms with Crippen LogP contribution in [-0.2, 0) is 14.1 Å². The highest BCUT2D eigenvalue weighted by Gasteiger charge is 2.45. The van der Waals surface area contributed by atoms with E-state index in [0.717, 1.165) is 23.1 Å². The first kappa shape index (κ1) is 21.5. The van der Waals surface area contributed by atoms with Crippen LogP contribution >= 0.6 is 0 Å². The Morgan fingerprint density at radius 1 is 1.03 bits per heavy atom. The average molecular weight is 410 g/mol. The molecule has 2 aromatic carbocycles. The van der Waals surface area contributed by atoms with Gasteiger partial charge in [-0.1, -0.05) is 86.6 Å². The van der Waals surface area contributed by atoms with Gasteiger partial charge in [-0.3, -0.25) is 0 Å². The molecule has 0 unspecified atom stereocenters. The first-order valence-electron chi connectivity index (χ1n) is 10.2. The van der Waals surface area contributed by atoms with E-state index in [4.69, 9.17) is 9.26 Å². The standard InChI is InChI=1S/C24H31NO3Si/c1-24(2,3)29(4,5)28-20(16-17-26)22-21(18-12-8-6-9-13-18)23(27-25-22)19-14-10-7-11-15-19/h6-15,17,20-21,23H,16H2,1-5H3/t20-,21-,23+/m0/s1. The molecule has 0 aromatic heterocycles. The molecule has 0 aliphatic carbocycles. The van der Waals surface area contributed by atoms with Crippen molar-refractivity contribution >= 4 is 20.3 Å². The lowest BCUT2D eigenvalue weighted by Crippen LogP contribution is -2.47. The summed E-state index contributed by atoms with van der Waals surface area (Å²) in [5.41, 5.74) is 2.99. The van der Waals surface area contributed by atoms with Crippen LogP contribution in [-0.4, -0.2) is 26.4 Å². The fourth-order valence-electron chi connectivity index (χ4n) is 3.40. The van der Waals surface area contributed by atoms with Crippen molar-refractivity contribution in [1.29, 1.82) is 0 Å². The van der Waals surface area contributed by atoms with Crippen LogP contribution in [0.4, 0.5) is 0 Å². The molecule has 0 spiro atoms. The van der Waals surface area contributed by atoms with Crippen LogP contribution in [0.5, 0.6) is 0 Å². The molecule has 2 aromatic rings. The second-order valence-corrected chi connectivity index (χ2v) is 13.9.